The standard InChI is InChI=1S/C4H5NO2P2/c6-3-1(8)2(9)4(7)5-3/h8-9H2,(H,5,6,7). The molecular weight excluding hydrogens is 156 g/mol. The molecule has 2 amide bonds. The highest BCUT2D eigenvalue weighted by Crippen LogP contribution is 2.22. The van der Waals surface area contributed by atoms with Crippen LogP contribution in [0.25, 0.3) is 0 Å². The summed E-state index contributed by atoms with van der Waals surface area (Å²) in [5.74, 6) is -0.648. The molecule has 1 heterocycles. The van der Waals surface area contributed by atoms with Gasteiger partial charge in [0.15, 0.2) is 0 Å². The minimum atomic E-state index is -0.324. The van der Waals surface area contributed by atoms with Gasteiger partial charge in [0, 0.05) is 10.6 Å². The lowest BCUT2D eigenvalue weighted by molar-refractivity contribution is -0.123. The van der Waals surface area contributed by atoms with Crippen molar-refractivity contribution in [2.75, 3.05) is 0 Å². The number of nitrogens with one attached hydrogen (secondary N) is 1. The third-order valence-electron chi connectivity index (χ3n) is 1.01. The zero-order chi connectivity index (χ0) is 7.02. The second-order valence-electron chi connectivity index (χ2n) is 1.61. The molecule has 0 fully saturated rings. The Morgan fingerprint density at radius 1 is 1.00 bits per heavy atom. The Hall–Kier alpha value is -0.260. The van der Waals surface area contributed by atoms with Crippen LogP contribution in [0.15, 0.2) is 10.6 Å². The fraction of sp³-hybridized carbons (Fsp3) is 0. The molecule has 0 radical (unpaired) electrons. The van der Waals surface area contributed by atoms with Crippen LogP contribution in [0.2, 0.25) is 0 Å². The van der Waals surface area contributed by atoms with Crippen LogP contribution >= 0.6 is 18.5 Å². The summed E-state index contributed by atoms with van der Waals surface area (Å²) < 4.78 is 0. The molecule has 1 N–H and O–H groups in total. The van der Waals surface area contributed by atoms with Crippen molar-refractivity contribution in [2.24, 2.45) is 0 Å². The molecule has 2 atom stereocenters. The van der Waals surface area contributed by atoms with Crippen LogP contribution in [0.3, 0.4) is 0 Å². The van der Waals surface area contributed by atoms with Gasteiger partial charge in [-0.2, -0.15) is 0 Å². The van der Waals surface area contributed by atoms with Crippen LogP contribution in [-0.4, -0.2) is 11.8 Å². The summed E-state index contributed by atoms with van der Waals surface area (Å²) in [4.78, 5) is 21.1. The van der Waals surface area contributed by atoms with Gasteiger partial charge < -0.3 is 0 Å². The molecule has 48 valence electrons. The smallest absolute Gasteiger partial charge is 0.258 e. The molecular formula is C4H5NO2P2. The molecule has 2 unspecified atom stereocenters. The van der Waals surface area contributed by atoms with Crippen molar-refractivity contribution in [2.45, 2.75) is 0 Å². The van der Waals surface area contributed by atoms with Gasteiger partial charge in [-0.05, 0) is 0 Å². The average molecular weight is 161 g/mol. The van der Waals surface area contributed by atoms with E-state index in [0.717, 1.165) is 0 Å². The van der Waals surface area contributed by atoms with Gasteiger partial charge >= 0.3 is 0 Å². The summed E-state index contributed by atoms with van der Waals surface area (Å²) in [6, 6.07) is 0. The topological polar surface area (TPSA) is 46.2 Å². The van der Waals surface area contributed by atoms with Crippen molar-refractivity contribution in [3.63, 3.8) is 0 Å². The molecule has 9 heavy (non-hydrogen) atoms. The number of hydrogen-bond donors (Lipinski definition) is 1. The van der Waals surface area contributed by atoms with Gasteiger partial charge in [-0.15, -0.1) is 0 Å². The third kappa shape index (κ3) is 1.03. The number of carbonyl (C=O) groups is 2. The molecule has 5 heteroatoms. The average Bonchev–Trinajstić information content (AvgIpc) is 1.98. The third-order valence-corrected chi connectivity index (χ3v) is 2.49. The van der Waals surface area contributed by atoms with Crippen LogP contribution < -0.4 is 5.32 Å². The summed E-state index contributed by atoms with van der Waals surface area (Å²) >= 11 is 0. The molecule has 0 aromatic heterocycles. The van der Waals surface area contributed by atoms with Crippen molar-refractivity contribution in [1.82, 2.24) is 5.32 Å². The maximum atomic E-state index is 10.6. The van der Waals surface area contributed by atoms with Crippen molar-refractivity contribution < 1.29 is 9.59 Å². The number of carbonyl (C=O) groups excluding carboxylic acids is 2. The highest BCUT2D eigenvalue weighted by molar-refractivity contribution is 7.31. The largest absolute Gasteiger partial charge is 0.288 e. The Morgan fingerprint density at radius 2 is 1.33 bits per heavy atom. The first-order chi connectivity index (χ1) is 4.13. The van der Waals surface area contributed by atoms with E-state index in [2.05, 4.69) is 23.8 Å². The van der Waals surface area contributed by atoms with E-state index in [-0.39, 0.29) is 11.8 Å². The first-order valence-electron chi connectivity index (χ1n) is 2.24. The van der Waals surface area contributed by atoms with Crippen molar-refractivity contribution >= 4 is 30.3 Å². The Labute approximate surface area is 56.7 Å². The van der Waals surface area contributed by atoms with Crippen LogP contribution in [0.4, 0.5) is 0 Å². The number of rotatable bonds is 0. The van der Waals surface area contributed by atoms with Crippen LogP contribution in [-0.2, 0) is 9.59 Å². The number of imide groups is 1. The predicted molar refractivity (Wildman–Crippen MR) is 39.6 cm³/mol. The zero-order valence-corrected chi connectivity index (χ0v) is 6.78. The van der Waals surface area contributed by atoms with Crippen LogP contribution in [0.5, 0.6) is 0 Å². The Bertz CT molecular complexity index is 199. The van der Waals surface area contributed by atoms with Crippen LogP contribution in [0.1, 0.15) is 0 Å². The zero-order valence-electron chi connectivity index (χ0n) is 4.47. The normalized spacial score (nSPS) is 18.9. The number of amides is 2. The molecule has 1 aliphatic heterocycles. The van der Waals surface area contributed by atoms with Gasteiger partial charge in [0.2, 0.25) is 0 Å². The maximum Gasteiger partial charge on any atom is 0.258 e. The molecule has 3 nitrogen and oxygen atoms in total. The lowest BCUT2D eigenvalue weighted by Crippen LogP contribution is -2.21. The van der Waals surface area contributed by atoms with E-state index in [9.17, 15) is 9.59 Å². The van der Waals surface area contributed by atoms with E-state index in [1.54, 1.807) is 0 Å². The number of hydrogen-bond acceptors (Lipinski definition) is 2. The van der Waals surface area contributed by atoms with E-state index in [0.29, 0.717) is 10.6 Å². The lowest BCUT2D eigenvalue weighted by atomic mass is 10.5. The van der Waals surface area contributed by atoms with E-state index in [1.165, 1.54) is 0 Å². The molecule has 0 saturated heterocycles. The molecule has 0 aromatic rings. The summed E-state index contributed by atoms with van der Waals surface area (Å²) in [6.45, 7) is 0. The lowest BCUT2D eigenvalue weighted by Gasteiger charge is -1.84. The van der Waals surface area contributed by atoms with Crippen molar-refractivity contribution in [3.05, 3.63) is 10.6 Å². The molecule has 0 aromatic carbocycles. The Morgan fingerprint density at radius 3 is 1.44 bits per heavy atom. The van der Waals surface area contributed by atoms with Gasteiger partial charge in [-0.3, -0.25) is 14.9 Å². The Balaban J connectivity index is 3.06. The van der Waals surface area contributed by atoms with Gasteiger partial charge in [0.05, 0.1) is 0 Å². The van der Waals surface area contributed by atoms with Gasteiger partial charge in [-0.1, -0.05) is 18.5 Å². The fourth-order valence-electron chi connectivity index (χ4n) is 0.482. The Kier molecular flexibility index (Phi) is 1.65. The SMILES string of the molecule is O=C1NC(=O)C(P)=C1P. The van der Waals surface area contributed by atoms with Crippen molar-refractivity contribution in [3.8, 4) is 0 Å². The molecule has 0 spiro atoms. The quantitative estimate of drug-likeness (QED) is 0.388. The minimum absolute atomic E-state index is 0.324. The van der Waals surface area contributed by atoms with E-state index >= 15 is 0 Å². The highest BCUT2D eigenvalue weighted by Gasteiger charge is 2.23. The predicted octanol–water partition coefficient (Wildman–Crippen LogP) is -0.395. The van der Waals surface area contributed by atoms with Crippen LogP contribution in [0, 0.1) is 0 Å². The second-order valence-corrected chi connectivity index (χ2v) is 2.77. The van der Waals surface area contributed by atoms with E-state index in [1.807, 2.05) is 0 Å². The van der Waals surface area contributed by atoms with E-state index < -0.39 is 0 Å². The summed E-state index contributed by atoms with van der Waals surface area (Å²) in [5.41, 5.74) is 0. The molecule has 0 bridgehead atoms. The molecule has 0 saturated carbocycles. The van der Waals surface area contributed by atoms with Crippen molar-refractivity contribution in [1.29, 1.82) is 0 Å². The first kappa shape index (κ1) is 6.85. The summed E-state index contributed by atoms with van der Waals surface area (Å²) in [6.07, 6.45) is 0. The summed E-state index contributed by atoms with van der Waals surface area (Å²) in [5, 5.41) is 2.94. The van der Waals surface area contributed by atoms with E-state index in [4.69, 9.17) is 0 Å². The second kappa shape index (κ2) is 2.17. The monoisotopic (exact) mass is 161 g/mol. The summed E-state index contributed by atoms with van der Waals surface area (Å²) in [7, 11) is 4.40. The highest BCUT2D eigenvalue weighted by atomic mass is 31.0. The first-order valence-corrected chi connectivity index (χ1v) is 3.39. The molecule has 1 aliphatic rings. The van der Waals surface area contributed by atoms with Gasteiger partial charge in [0.25, 0.3) is 11.8 Å². The van der Waals surface area contributed by atoms with Gasteiger partial charge in [0.1, 0.15) is 0 Å². The molecule has 1 rings (SSSR count). The maximum absolute atomic E-state index is 10.6. The van der Waals surface area contributed by atoms with Gasteiger partial charge in [-0.25, -0.2) is 0 Å². The molecule has 0 aliphatic carbocycles. The fourth-order valence-corrected chi connectivity index (χ4v) is 0.889. The minimum Gasteiger partial charge on any atom is -0.288 e.